The van der Waals surface area contributed by atoms with E-state index in [1.165, 1.54) is 6.42 Å². The van der Waals surface area contributed by atoms with Gasteiger partial charge in [-0.05, 0) is 31.3 Å². The van der Waals surface area contributed by atoms with E-state index in [0.29, 0.717) is 11.3 Å². The summed E-state index contributed by atoms with van der Waals surface area (Å²) in [6.45, 7) is 7.65. The number of likely N-dealkylation sites (tertiary alicyclic amines) is 1. The molecule has 0 radical (unpaired) electrons. The summed E-state index contributed by atoms with van der Waals surface area (Å²) in [5, 5.41) is 2.79. The first-order valence-electron chi connectivity index (χ1n) is 4.92. The monoisotopic (exact) mass is 184 g/mol. The van der Waals surface area contributed by atoms with Gasteiger partial charge in [0.05, 0.1) is 0 Å². The summed E-state index contributed by atoms with van der Waals surface area (Å²) in [5.41, 5.74) is 0.322. The molecule has 1 amide bonds. The third-order valence-corrected chi connectivity index (χ3v) is 3.09. The second kappa shape index (κ2) is 4.09. The maximum absolute atomic E-state index is 10.2. The fraction of sp³-hybridized carbons (Fsp3) is 0.900. The maximum atomic E-state index is 10.2. The zero-order valence-corrected chi connectivity index (χ0v) is 8.84. The van der Waals surface area contributed by atoms with Crippen molar-refractivity contribution in [3.05, 3.63) is 0 Å². The highest BCUT2D eigenvalue weighted by Crippen LogP contribution is 2.33. The summed E-state index contributed by atoms with van der Waals surface area (Å²) in [6, 6.07) is 0. The molecule has 1 fully saturated rings. The molecule has 13 heavy (non-hydrogen) atoms. The topological polar surface area (TPSA) is 32.3 Å². The van der Waals surface area contributed by atoms with Gasteiger partial charge in [-0.3, -0.25) is 4.79 Å². The van der Waals surface area contributed by atoms with Crippen molar-refractivity contribution in [2.24, 2.45) is 11.3 Å². The number of hydrogen-bond acceptors (Lipinski definition) is 2. The van der Waals surface area contributed by atoms with Crippen molar-refractivity contribution in [1.29, 1.82) is 0 Å². The lowest BCUT2D eigenvalue weighted by molar-refractivity contribution is -0.110. The van der Waals surface area contributed by atoms with E-state index in [0.717, 1.165) is 26.0 Å². The number of carbonyl (C=O) groups is 1. The van der Waals surface area contributed by atoms with E-state index in [1.54, 1.807) is 0 Å². The van der Waals surface area contributed by atoms with Gasteiger partial charge >= 0.3 is 0 Å². The molecule has 1 N–H and O–H groups in total. The molecular weight excluding hydrogens is 164 g/mol. The van der Waals surface area contributed by atoms with E-state index < -0.39 is 0 Å². The molecule has 0 spiro atoms. The van der Waals surface area contributed by atoms with Crippen LogP contribution in [0.1, 0.15) is 20.3 Å². The third kappa shape index (κ3) is 2.69. The maximum Gasteiger partial charge on any atom is 0.207 e. The lowest BCUT2D eigenvalue weighted by Gasteiger charge is -2.42. The molecule has 0 aliphatic carbocycles. The number of hydrogen-bond donors (Lipinski definition) is 1. The fourth-order valence-corrected chi connectivity index (χ4v) is 2.24. The van der Waals surface area contributed by atoms with Crippen molar-refractivity contribution in [2.45, 2.75) is 20.3 Å². The lowest BCUT2D eigenvalue weighted by atomic mass is 9.74. The molecule has 0 aromatic carbocycles. The fourth-order valence-electron chi connectivity index (χ4n) is 2.24. The number of carbonyl (C=O) groups excluding carboxylic acids is 1. The third-order valence-electron chi connectivity index (χ3n) is 3.09. The van der Waals surface area contributed by atoms with Crippen molar-refractivity contribution in [2.75, 3.05) is 26.7 Å². The number of rotatable bonds is 3. The van der Waals surface area contributed by atoms with Crippen LogP contribution in [0.2, 0.25) is 0 Å². The number of amides is 1. The Morgan fingerprint density at radius 1 is 1.62 bits per heavy atom. The van der Waals surface area contributed by atoms with Gasteiger partial charge in [-0.1, -0.05) is 13.8 Å². The second-order valence-electron chi connectivity index (χ2n) is 4.74. The van der Waals surface area contributed by atoms with Crippen molar-refractivity contribution in [1.82, 2.24) is 10.2 Å². The van der Waals surface area contributed by atoms with Gasteiger partial charge in [0.2, 0.25) is 6.41 Å². The average Bonchev–Trinajstić information content (AvgIpc) is 2.01. The summed E-state index contributed by atoms with van der Waals surface area (Å²) in [5.74, 6) is 0.619. The molecule has 0 bridgehead atoms. The molecule has 3 heteroatoms. The molecule has 1 rings (SSSR count). The van der Waals surface area contributed by atoms with Crippen LogP contribution in [0.5, 0.6) is 0 Å². The Balaban J connectivity index is 2.48. The Bertz CT molecular complexity index is 180. The van der Waals surface area contributed by atoms with E-state index in [2.05, 4.69) is 31.1 Å². The lowest BCUT2D eigenvalue weighted by Crippen LogP contribution is -2.47. The van der Waals surface area contributed by atoms with Crippen molar-refractivity contribution < 1.29 is 4.79 Å². The number of nitrogens with zero attached hydrogens (tertiary/aromatic N) is 1. The predicted molar refractivity (Wildman–Crippen MR) is 53.5 cm³/mol. The van der Waals surface area contributed by atoms with Gasteiger partial charge in [0, 0.05) is 13.1 Å². The molecule has 1 aliphatic heterocycles. The Hall–Kier alpha value is -0.570. The van der Waals surface area contributed by atoms with Gasteiger partial charge in [0.15, 0.2) is 0 Å². The smallest absolute Gasteiger partial charge is 0.207 e. The first kappa shape index (κ1) is 10.5. The summed E-state index contributed by atoms with van der Waals surface area (Å²) >= 11 is 0. The highest BCUT2D eigenvalue weighted by Gasteiger charge is 2.33. The quantitative estimate of drug-likeness (QED) is 0.655. The Kier molecular flexibility index (Phi) is 3.31. The SMILES string of the molecule is CN1CCC(CNC=O)C(C)(C)C1. The van der Waals surface area contributed by atoms with Crippen LogP contribution in [0.15, 0.2) is 0 Å². The van der Waals surface area contributed by atoms with Gasteiger partial charge in [0.25, 0.3) is 0 Å². The molecule has 1 unspecified atom stereocenters. The summed E-state index contributed by atoms with van der Waals surface area (Å²) in [4.78, 5) is 12.6. The van der Waals surface area contributed by atoms with Gasteiger partial charge < -0.3 is 10.2 Å². The normalized spacial score (nSPS) is 28.4. The Morgan fingerprint density at radius 2 is 2.31 bits per heavy atom. The first-order valence-corrected chi connectivity index (χ1v) is 4.92. The average molecular weight is 184 g/mol. The minimum atomic E-state index is 0.322. The molecule has 1 aliphatic rings. The minimum absolute atomic E-state index is 0.322. The van der Waals surface area contributed by atoms with Crippen molar-refractivity contribution in [3.8, 4) is 0 Å². The predicted octanol–water partition coefficient (Wildman–Crippen LogP) is 0.710. The molecule has 0 aromatic heterocycles. The summed E-state index contributed by atoms with van der Waals surface area (Å²) < 4.78 is 0. The summed E-state index contributed by atoms with van der Waals surface area (Å²) in [6.07, 6.45) is 1.98. The first-order chi connectivity index (χ1) is 6.06. The highest BCUT2D eigenvalue weighted by atomic mass is 16.1. The van der Waals surface area contributed by atoms with Crippen LogP contribution in [-0.4, -0.2) is 38.0 Å². The van der Waals surface area contributed by atoms with E-state index in [1.807, 2.05) is 0 Å². The molecule has 1 saturated heterocycles. The zero-order chi connectivity index (χ0) is 9.90. The number of piperidine rings is 1. The summed E-state index contributed by atoms with van der Waals surface area (Å²) in [7, 11) is 2.16. The molecule has 3 nitrogen and oxygen atoms in total. The van der Waals surface area contributed by atoms with Crippen LogP contribution in [-0.2, 0) is 4.79 Å². The molecule has 0 saturated carbocycles. The zero-order valence-electron chi connectivity index (χ0n) is 8.84. The van der Waals surface area contributed by atoms with Crippen molar-refractivity contribution in [3.63, 3.8) is 0 Å². The molecule has 76 valence electrons. The highest BCUT2D eigenvalue weighted by molar-refractivity contribution is 5.45. The van der Waals surface area contributed by atoms with Crippen LogP contribution in [0.4, 0.5) is 0 Å². The Morgan fingerprint density at radius 3 is 2.85 bits per heavy atom. The van der Waals surface area contributed by atoms with E-state index in [4.69, 9.17) is 0 Å². The van der Waals surface area contributed by atoms with Crippen LogP contribution in [0, 0.1) is 11.3 Å². The van der Waals surface area contributed by atoms with Crippen LogP contribution in [0.3, 0.4) is 0 Å². The standard InChI is InChI=1S/C10H20N2O/c1-10(2)7-12(3)5-4-9(10)6-11-8-13/h8-9H,4-7H2,1-3H3,(H,11,13). The van der Waals surface area contributed by atoms with E-state index in [-0.39, 0.29) is 0 Å². The molecule has 1 atom stereocenters. The molecular formula is C10H20N2O. The van der Waals surface area contributed by atoms with Gasteiger partial charge in [-0.25, -0.2) is 0 Å². The molecule has 1 heterocycles. The second-order valence-corrected chi connectivity index (χ2v) is 4.74. The van der Waals surface area contributed by atoms with Crippen LogP contribution in [0.25, 0.3) is 0 Å². The Labute approximate surface area is 80.5 Å². The molecule has 0 aromatic rings. The largest absolute Gasteiger partial charge is 0.358 e. The van der Waals surface area contributed by atoms with E-state index in [9.17, 15) is 4.79 Å². The van der Waals surface area contributed by atoms with Crippen LogP contribution >= 0.6 is 0 Å². The van der Waals surface area contributed by atoms with Gasteiger partial charge in [0.1, 0.15) is 0 Å². The van der Waals surface area contributed by atoms with Crippen LogP contribution < -0.4 is 5.32 Å². The van der Waals surface area contributed by atoms with Gasteiger partial charge in [-0.15, -0.1) is 0 Å². The van der Waals surface area contributed by atoms with Crippen molar-refractivity contribution >= 4 is 6.41 Å². The number of nitrogens with one attached hydrogen (secondary N) is 1. The van der Waals surface area contributed by atoms with Gasteiger partial charge in [-0.2, -0.15) is 0 Å². The van der Waals surface area contributed by atoms with E-state index >= 15 is 0 Å². The minimum Gasteiger partial charge on any atom is -0.358 e.